The third-order valence-electron chi connectivity index (χ3n) is 4.62. The Bertz CT molecular complexity index is 290. The van der Waals surface area contributed by atoms with E-state index in [4.69, 9.17) is 5.11 Å². The molecule has 2 fully saturated rings. The summed E-state index contributed by atoms with van der Waals surface area (Å²) in [5.74, 6) is -0.676. The Kier molecular flexibility index (Phi) is 4.62. The molecule has 1 aliphatic heterocycles. The van der Waals surface area contributed by atoms with Gasteiger partial charge in [0.15, 0.2) is 0 Å². The van der Waals surface area contributed by atoms with Crippen molar-refractivity contribution in [2.45, 2.75) is 63.6 Å². The molecular formula is C14H26N2O2. The van der Waals surface area contributed by atoms with Gasteiger partial charge in [-0.05, 0) is 26.8 Å². The zero-order chi connectivity index (χ0) is 13.1. The van der Waals surface area contributed by atoms with Crippen molar-refractivity contribution in [3.05, 3.63) is 0 Å². The lowest BCUT2D eigenvalue weighted by Gasteiger charge is -2.47. The van der Waals surface area contributed by atoms with Crippen LogP contribution in [0.1, 0.15) is 45.4 Å². The van der Waals surface area contributed by atoms with E-state index in [-0.39, 0.29) is 12.5 Å². The summed E-state index contributed by atoms with van der Waals surface area (Å²) in [5, 5.41) is 9.00. The maximum Gasteiger partial charge on any atom is 0.304 e. The third-order valence-corrected chi connectivity index (χ3v) is 4.62. The first kappa shape index (κ1) is 13.8. The van der Waals surface area contributed by atoms with Crippen LogP contribution >= 0.6 is 0 Å². The molecule has 2 atom stereocenters. The average molecular weight is 254 g/mol. The molecule has 2 unspecified atom stereocenters. The second-order valence-electron chi connectivity index (χ2n) is 6.03. The zero-order valence-electron chi connectivity index (χ0n) is 11.6. The number of carboxylic acid groups (broad SMARTS) is 1. The average Bonchev–Trinajstić information content (AvgIpc) is 2.33. The summed E-state index contributed by atoms with van der Waals surface area (Å²) in [4.78, 5) is 15.7. The number of rotatable bonds is 3. The van der Waals surface area contributed by atoms with Crippen LogP contribution in [0.25, 0.3) is 0 Å². The second-order valence-corrected chi connectivity index (χ2v) is 6.03. The topological polar surface area (TPSA) is 43.8 Å². The Balaban J connectivity index is 1.98. The smallest absolute Gasteiger partial charge is 0.304 e. The number of aliphatic carboxylic acids is 1. The van der Waals surface area contributed by atoms with Gasteiger partial charge in [-0.25, -0.2) is 0 Å². The lowest BCUT2D eigenvalue weighted by Crippen LogP contribution is -2.59. The summed E-state index contributed by atoms with van der Waals surface area (Å²) >= 11 is 0. The highest BCUT2D eigenvalue weighted by atomic mass is 16.4. The number of hydrogen-bond acceptors (Lipinski definition) is 3. The molecule has 0 spiro atoms. The fourth-order valence-corrected chi connectivity index (χ4v) is 3.58. The van der Waals surface area contributed by atoms with E-state index >= 15 is 0 Å². The Morgan fingerprint density at radius 2 is 1.89 bits per heavy atom. The third kappa shape index (κ3) is 3.23. The Morgan fingerprint density at radius 3 is 2.50 bits per heavy atom. The van der Waals surface area contributed by atoms with E-state index in [1.807, 2.05) is 0 Å². The predicted molar refractivity (Wildman–Crippen MR) is 71.7 cm³/mol. The van der Waals surface area contributed by atoms with Gasteiger partial charge in [-0.15, -0.1) is 0 Å². The van der Waals surface area contributed by atoms with Crippen LogP contribution in [0.5, 0.6) is 0 Å². The van der Waals surface area contributed by atoms with E-state index in [9.17, 15) is 4.79 Å². The molecule has 1 heterocycles. The highest BCUT2D eigenvalue weighted by Gasteiger charge is 2.34. The molecule has 0 radical (unpaired) electrons. The molecule has 104 valence electrons. The number of carbonyl (C=O) groups is 1. The number of nitrogens with zero attached hydrogens (tertiary/aromatic N) is 2. The van der Waals surface area contributed by atoms with Gasteiger partial charge in [0.05, 0.1) is 6.42 Å². The maximum atomic E-state index is 10.9. The molecule has 1 saturated carbocycles. The standard InChI is InChI=1S/C14H26N2O2/c1-11-9-15(2)13(8-14(17)18)10-16(11)12-6-4-3-5-7-12/h11-13H,3-10H2,1-2H3,(H,17,18). The summed E-state index contributed by atoms with van der Waals surface area (Å²) in [6.07, 6.45) is 6.92. The maximum absolute atomic E-state index is 10.9. The Hall–Kier alpha value is -0.610. The van der Waals surface area contributed by atoms with Crippen molar-refractivity contribution in [3.63, 3.8) is 0 Å². The predicted octanol–water partition coefficient (Wildman–Crippen LogP) is 1.80. The molecule has 18 heavy (non-hydrogen) atoms. The highest BCUT2D eigenvalue weighted by Crippen LogP contribution is 2.27. The Labute approximate surface area is 110 Å². The van der Waals surface area contributed by atoms with Crippen LogP contribution in [0.15, 0.2) is 0 Å². The van der Waals surface area contributed by atoms with Crippen molar-refractivity contribution in [1.82, 2.24) is 9.80 Å². The lowest BCUT2D eigenvalue weighted by atomic mass is 9.91. The van der Waals surface area contributed by atoms with E-state index in [0.717, 1.165) is 13.1 Å². The first-order valence-corrected chi connectivity index (χ1v) is 7.25. The molecule has 4 heteroatoms. The minimum absolute atomic E-state index is 0.181. The molecular weight excluding hydrogens is 228 g/mol. The van der Waals surface area contributed by atoms with E-state index in [2.05, 4.69) is 23.8 Å². The van der Waals surface area contributed by atoms with Crippen LogP contribution in [-0.4, -0.2) is 59.1 Å². The van der Waals surface area contributed by atoms with Crippen molar-refractivity contribution >= 4 is 5.97 Å². The summed E-state index contributed by atoms with van der Waals surface area (Å²) < 4.78 is 0. The molecule has 0 amide bonds. The van der Waals surface area contributed by atoms with Crippen LogP contribution in [0.2, 0.25) is 0 Å². The molecule has 2 aliphatic rings. The van der Waals surface area contributed by atoms with Gasteiger partial charge in [0.25, 0.3) is 0 Å². The van der Waals surface area contributed by atoms with Crippen molar-refractivity contribution in [1.29, 1.82) is 0 Å². The quantitative estimate of drug-likeness (QED) is 0.834. The number of likely N-dealkylation sites (N-methyl/N-ethyl adjacent to an activating group) is 1. The lowest BCUT2D eigenvalue weighted by molar-refractivity contribution is -0.139. The van der Waals surface area contributed by atoms with E-state index in [1.54, 1.807) is 0 Å². The van der Waals surface area contributed by atoms with Gasteiger partial charge in [0, 0.05) is 31.2 Å². The van der Waals surface area contributed by atoms with Crippen molar-refractivity contribution in [3.8, 4) is 0 Å². The molecule has 0 aromatic heterocycles. The van der Waals surface area contributed by atoms with Crippen molar-refractivity contribution in [2.75, 3.05) is 20.1 Å². The molecule has 1 N–H and O–H groups in total. The van der Waals surface area contributed by atoms with Crippen LogP contribution in [-0.2, 0) is 4.79 Å². The van der Waals surface area contributed by atoms with E-state index in [1.165, 1.54) is 32.1 Å². The fourth-order valence-electron chi connectivity index (χ4n) is 3.58. The van der Waals surface area contributed by atoms with Crippen molar-refractivity contribution in [2.24, 2.45) is 0 Å². The van der Waals surface area contributed by atoms with Crippen LogP contribution in [0, 0.1) is 0 Å². The van der Waals surface area contributed by atoms with Gasteiger partial charge in [-0.1, -0.05) is 19.3 Å². The Morgan fingerprint density at radius 1 is 1.22 bits per heavy atom. The molecule has 1 aliphatic carbocycles. The van der Waals surface area contributed by atoms with Gasteiger partial charge < -0.3 is 10.0 Å². The molecule has 4 nitrogen and oxygen atoms in total. The monoisotopic (exact) mass is 254 g/mol. The van der Waals surface area contributed by atoms with Gasteiger partial charge >= 0.3 is 5.97 Å². The summed E-state index contributed by atoms with van der Waals surface area (Å²) in [5.41, 5.74) is 0. The van der Waals surface area contributed by atoms with Crippen LogP contribution in [0.3, 0.4) is 0 Å². The van der Waals surface area contributed by atoms with E-state index < -0.39 is 5.97 Å². The first-order chi connectivity index (χ1) is 8.58. The summed E-state index contributed by atoms with van der Waals surface area (Å²) in [6, 6.07) is 1.43. The second kappa shape index (κ2) is 6.02. The minimum atomic E-state index is -0.676. The van der Waals surface area contributed by atoms with Gasteiger partial charge in [-0.3, -0.25) is 9.69 Å². The first-order valence-electron chi connectivity index (χ1n) is 7.25. The van der Waals surface area contributed by atoms with Crippen LogP contribution < -0.4 is 0 Å². The number of piperazine rings is 1. The summed E-state index contributed by atoms with van der Waals surface area (Å²) in [7, 11) is 2.06. The van der Waals surface area contributed by atoms with Gasteiger partial charge in [0.1, 0.15) is 0 Å². The minimum Gasteiger partial charge on any atom is -0.481 e. The van der Waals surface area contributed by atoms with Gasteiger partial charge in [-0.2, -0.15) is 0 Å². The molecule has 1 saturated heterocycles. The largest absolute Gasteiger partial charge is 0.481 e. The summed E-state index contributed by atoms with van der Waals surface area (Å²) in [6.45, 7) is 4.20. The van der Waals surface area contributed by atoms with E-state index in [0.29, 0.717) is 12.1 Å². The zero-order valence-corrected chi connectivity index (χ0v) is 11.6. The molecule has 0 bridgehead atoms. The normalized spacial score (nSPS) is 32.6. The van der Waals surface area contributed by atoms with Crippen molar-refractivity contribution < 1.29 is 9.90 Å². The molecule has 2 rings (SSSR count). The highest BCUT2D eigenvalue weighted by molar-refractivity contribution is 5.67. The van der Waals surface area contributed by atoms with Crippen LogP contribution in [0.4, 0.5) is 0 Å². The SMILES string of the molecule is CC1CN(C)C(CC(=O)O)CN1C1CCCCC1. The van der Waals surface area contributed by atoms with Gasteiger partial charge in [0.2, 0.25) is 0 Å². The fraction of sp³-hybridized carbons (Fsp3) is 0.929. The number of hydrogen-bond donors (Lipinski definition) is 1. The molecule has 0 aromatic rings. The number of carboxylic acids is 1. The molecule has 0 aromatic carbocycles.